The van der Waals surface area contributed by atoms with Gasteiger partial charge < -0.3 is 10.2 Å². The maximum atomic E-state index is 12.5. The predicted molar refractivity (Wildman–Crippen MR) is 98.4 cm³/mol. The first kappa shape index (κ1) is 16.7. The van der Waals surface area contributed by atoms with Crippen molar-refractivity contribution in [2.24, 2.45) is 0 Å². The van der Waals surface area contributed by atoms with Crippen LogP contribution >= 0.6 is 11.8 Å². The minimum Gasteiger partial charge on any atom is -0.324 e. The zero-order valence-electron chi connectivity index (χ0n) is 14.2. The van der Waals surface area contributed by atoms with Gasteiger partial charge in [0.15, 0.2) is 0 Å². The van der Waals surface area contributed by atoms with E-state index in [1.807, 2.05) is 24.0 Å². The van der Waals surface area contributed by atoms with Gasteiger partial charge in [0.05, 0.1) is 0 Å². The molecule has 2 aliphatic rings. The molecule has 0 saturated carbocycles. The number of carbonyl (C=O) groups excluding carboxylic acids is 1. The van der Waals surface area contributed by atoms with Gasteiger partial charge in [-0.3, -0.25) is 4.90 Å². The molecule has 5 heteroatoms. The molecule has 23 heavy (non-hydrogen) atoms. The summed E-state index contributed by atoms with van der Waals surface area (Å²) in [5, 5.41) is 3.07. The molecule has 4 nitrogen and oxygen atoms in total. The van der Waals surface area contributed by atoms with Gasteiger partial charge in [-0.15, -0.1) is 0 Å². The average Bonchev–Trinajstić information content (AvgIpc) is 2.58. The van der Waals surface area contributed by atoms with Gasteiger partial charge in [-0.05, 0) is 38.3 Å². The van der Waals surface area contributed by atoms with Gasteiger partial charge in [-0.1, -0.05) is 17.7 Å². The van der Waals surface area contributed by atoms with E-state index < -0.39 is 0 Å². The highest BCUT2D eigenvalue weighted by atomic mass is 32.2. The number of amides is 2. The summed E-state index contributed by atoms with van der Waals surface area (Å²) in [6.07, 6.45) is 2.20. The molecule has 2 saturated heterocycles. The minimum atomic E-state index is 0.0459. The van der Waals surface area contributed by atoms with E-state index in [4.69, 9.17) is 0 Å². The van der Waals surface area contributed by atoms with Crippen LogP contribution < -0.4 is 5.32 Å². The largest absolute Gasteiger partial charge is 0.324 e. The molecule has 3 rings (SSSR count). The maximum absolute atomic E-state index is 12.5. The summed E-state index contributed by atoms with van der Waals surface area (Å²) in [6.45, 7) is 8.27. The molecule has 0 spiro atoms. The number of hydrogen-bond donors (Lipinski definition) is 1. The first-order chi connectivity index (χ1) is 11.1. The number of rotatable bonds is 2. The molecule has 0 atom stereocenters. The molecule has 2 aliphatic heterocycles. The number of piperidine rings is 1. The second-order valence-electron chi connectivity index (χ2n) is 6.62. The summed E-state index contributed by atoms with van der Waals surface area (Å²) in [7, 11) is 0. The van der Waals surface area contributed by atoms with Crippen molar-refractivity contribution in [1.29, 1.82) is 0 Å². The molecule has 0 aromatic heterocycles. The summed E-state index contributed by atoms with van der Waals surface area (Å²) >= 11 is 2.06. The number of likely N-dealkylation sites (tertiary alicyclic amines) is 1. The van der Waals surface area contributed by atoms with Crippen LogP contribution in [0.25, 0.3) is 0 Å². The van der Waals surface area contributed by atoms with Crippen LogP contribution in [0, 0.1) is 13.8 Å². The minimum absolute atomic E-state index is 0.0459. The van der Waals surface area contributed by atoms with Gasteiger partial charge in [0.25, 0.3) is 0 Å². The van der Waals surface area contributed by atoms with E-state index in [9.17, 15) is 4.79 Å². The number of aryl methyl sites for hydroxylation is 2. The molecule has 0 aliphatic carbocycles. The van der Waals surface area contributed by atoms with E-state index in [0.717, 1.165) is 37.2 Å². The van der Waals surface area contributed by atoms with E-state index in [1.165, 1.54) is 30.2 Å². The molecule has 1 aromatic rings. The first-order valence-corrected chi connectivity index (χ1v) is 9.74. The highest BCUT2D eigenvalue weighted by Crippen LogP contribution is 2.22. The summed E-state index contributed by atoms with van der Waals surface area (Å²) in [5.74, 6) is 2.51. The van der Waals surface area contributed by atoms with Crippen molar-refractivity contribution in [3.05, 3.63) is 29.3 Å². The van der Waals surface area contributed by atoms with Crippen molar-refractivity contribution >= 4 is 23.5 Å². The van der Waals surface area contributed by atoms with Crippen molar-refractivity contribution in [3.8, 4) is 0 Å². The van der Waals surface area contributed by atoms with E-state index in [-0.39, 0.29) is 6.03 Å². The second-order valence-corrected chi connectivity index (χ2v) is 7.84. The number of urea groups is 1. The summed E-state index contributed by atoms with van der Waals surface area (Å²) < 4.78 is 0. The van der Waals surface area contributed by atoms with Crippen molar-refractivity contribution in [3.63, 3.8) is 0 Å². The molecular weight excluding hydrogens is 306 g/mol. The summed E-state index contributed by atoms with van der Waals surface area (Å²) in [5.41, 5.74) is 3.27. The molecule has 2 fully saturated rings. The topological polar surface area (TPSA) is 35.6 Å². The second kappa shape index (κ2) is 7.58. The Morgan fingerprint density at radius 2 is 1.83 bits per heavy atom. The molecule has 0 radical (unpaired) electrons. The Hall–Kier alpha value is -1.20. The van der Waals surface area contributed by atoms with Crippen LogP contribution in [0.5, 0.6) is 0 Å². The number of thioether (sulfide) groups is 1. The van der Waals surface area contributed by atoms with Crippen LogP contribution in [0.15, 0.2) is 18.2 Å². The maximum Gasteiger partial charge on any atom is 0.321 e. The number of nitrogens with one attached hydrogen (secondary N) is 1. The Morgan fingerprint density at radius 1 is 1.13 bits per heavy atom. The quantitative estimate of drug-likeness (QED) is 0.901. The smallest absolute Gasteiger partial charge is 0.321 e. The van der Waals surface area contributed by atoms with Gasteiger partial charge in [-0.2, -0.15) is 11.8 Å². The third-order valence-corrected chi connectivity index (χ3v) is 5.88. The molecule has 0 unspecified atom stereocenters. The van der Waals surface area contributed by atoms with E-state index in [2.05, 4.69) is 35.0 Å². The number of anilines is 1. The molecule has 1 aromatic carbocycles. The zero-order valence-corrected chi connectivity index (χ0v) is 15.0. The Bertz CT molecular complexity index is 549. The predicted octanol–water partition coefficient (Wildman–Crippen LogP) is 3.35. The van der Waals surface area contributed by atoms with Gasteiger partial charge in [0.2, 0.25) is 0 Å². The Balaban J connectivity index is 1.51. The van der Waals surface area contributed by atoms with Gasteiger partial charge >= 0.3 is 6.03 Å². The van der Waals surface area contributed by atoms with Crippen LogP contribution in [0.4, 0.5) is 10.5 Å². The highest BCUT2D eigenvalue weighted by Gasteiger charge is 2.27. The van der Waals surface area contributed by atoms with Gasteiger partial charge in [0, 0.05) is 49.4 Å². The van der Waals surface area contributed by atoms with Crippen molar-refractivity contribution in [2.45, 2.75) is 32.7 Å². The fourth-order valence-electron chi connectivity index (χ4n) is 3.52. The Kier molecular flexibility index (Phi) is 5.49. The van der Waals surface area contributed by atoms with Gasteiger partial charge in [-0.25, -0.2) is 4.79 Å². The first-order valence-electron chi connectivity index (χ1n) is 8.58. The fourth-order valence-corrected chi connectivity index (χ4v) is 4.46. The molecule has 126 valence electrons. The van der Waals surface area contributed by atoms with Gasteiger partial charge in [0.1, 0.15) is 0 Å². The molecule has 2 heterocycles. The lowest BCUT2D eigenvalue weighted by Gasteiger charge is -2.40. The number of carbonyl (C=O) groups is 1. The lowest BCUT2D eigenvalue weighted by atomic mass is 10.0. The zero-order chi connectivity index (χ0) is 16.2. The molecule has 0 bridgehead atoms. The number of hydrogen-bond acceptors (Lipinski definition) is 3. The molecule has 2 amide bonds. The van der Waals surface area contributed by atoms with Crippen LogP contribution in [0.3, 0.4) is 0 Å². The standard InChI is InChI=1S/C18H27N3OS/c1-14-3-4-17(15(2)13-14)19-18(22)21-7-5-16(6-8-21)20-9-11-23-12-10-20/h3-4,13,16H,5-12H2,1-2H3,(H,19,22). The Labute approximate surface area is 143 Å². The number of benzene rings is 1. The fraction of sp³-hybridized carbons (Fsp3) is 0.611. The van der Waals surface area contributed by atoms with Crippen molar-refractivity contribution in [2.75, 3.05) is 43.0 Å². The van der Waals surface area contributed by atoms with Crippen molar-refractivity contribution in [1.82, 2.24) is 9.80 Å². The van der Waals surface area contributed by atoms with Crippen LogP contribution in [0.1, 0.15) is 24.0 Å². The molecular formula is C18H27N3OS. The third-order valence-electron chi connectivity index (χ3n) is 4.94. The van der Waals surface area contributed by atoms with Crippen LogP contribution in [-0.2, 0) is 0 Å². The lowest BCUT2D eigenvalue weighted by Crippen LogP contribution is -2.49. The average molecular weight is 334 g/mol. The number of nitrogens with zero attached hydrogens (tertiary/aromatic N) is 2. The monoisotopic (exact) mass is 333 g/mol. The molecule has 1 N–H and O–H groups in total. The van der Waals surface area contributed by atoms with Crippen molar-refractivity contribution < 1.29 is 4.79 Å². The summed E-state index contributed by atoms with van der Waals surface area (Å²) in [6, 6.07) is 6.87. The summed E-state index contributed by atoms with van der Waals surface area (Å²) in [4.78, 5) is 17.1. The SMILES string of the molecule is Cc1ccc(NC(=O)N2CCC(N3CCSCC3)CC2)c(C)c1. The normalized spacial score (nSPS) is 20.5. The van der Waals surface area contributed by atoms with E-state index in [0.29, 0.717) is 6.04 Å². The Morgan fingerprint density at radius 3 is 2.48 bits per heavy atom. The van der Waals surface area contributed by atoms with E-state index >= 15 is 0 Å². The lowest BCUT2D eigenvalue weighted by molar-refractivity contribution is 0.130. The van der Waals surface area contributed by atoms with Crippen LogP contribution in [-0.4, -0.2) is 59.6 Å². The van der Waals surface area contributed by atoms with Crippen LogP contribution in [0.2, 0.25) is 0 Å². The van der Waals surface area contributed by atoms with E-state index in [1.54, 1.807) is 0 Å². The highest BCUT2D eigenvalue weighted by molar-refractivity contribution is 7.99. The third kappa shape index (κ3) is 4.21.